The predicted molar refractivity (Wildman–Crippen MR) is 77.3 cm³/mol. The van der Waals surface area contributed by atoms with Crippen LogP contribution in [-0.4, -0.2) is 18.1 Å². The van der Waals surface area contributed by atoms with E-state index in [4.69, 9.17) is 17.3 Å². The molecular formula is C15H21ClN2. The molecular weight excluding hydrogens is 244 g/mol. The van der Waals surface area contributed by atoms with Gasteiger partial charge >= 0.3 is 0 Å². The van der Waals surface area contributed by atoms with E-state index < -0.39 is 0 Å². The summed E-state index contributed by atoms with van der Waals surface area (Å²) < 4.78 is 0. The maximum atomic E-state index is 6.18. The molecule has 0 spiro atoms. The Morgan fingerprint density at radius 2 is 1.89 bits per heavy atom. The van der Waals surface area contributed by atoms with E-state index in [9.17, 15) is 0 Å². The molecule has 0 radical (unpaired) electrons. The predicted octanol–water partition coefficient (Wildman–Crippen LogP) is 3.50. The van der Waals surface area contributed by atoms with Gasteiger partial charge in [-0.2, -0.15) is 0 Å². The topological polar surface area (TPSA) is 29.3 Å². The summed E-state index contributed by atoms with van der Waals surface area (Å²) in [6.45, 7) is 2.18. The number of fused-ring (bicyclic) bond motifs is 2. The summed E-state index contributed by atoms with van der Waals surface area (Å²) in [4.78, 5) is 2.61. The lowest BCUT2D eigenvalue weighted by Gasteiger charge is -2.50. The number of rotatable bonds is 1. The Hall–Kier alpha value is -0.730. The van der Waals surface area contributed by atoms with Gasteiger partial charge in [-0.3, -0.25) is 0 Å². The lowest BCUT2D eigenvalue weighted by Crippen LogP contribution is -2.55. The second-order valence-corrected chi connectivity index (χ2v) is 6.24. The van der Waals surface area contributed by atoms with Gasteiger partial charge in [-0.25, -0.2) is 0 Å². The molecule has 2 saturated heterocycles. The van der Waals surface area contributed by atoms with E-state index in [0.29, 0.717) is 18.1 Å². The van der Waals surface area contributed by atoms with Crippen molar-refractivity contribution in [3.8, 4) is 0 Å². The molecule has 2 nitrogen and oxygen atoms in total. The van der Waals surface area contributed by atoms with Gasteiger partial charge in [0.2, 0.25) is 0 Å². The first kappa shape index (κ1) is 12.3. The number of piperidine rings is 2. The molecule has 0 saturated carbocycles. The first-order valence-electron chi connectivity index (χ1n) is 6.95. The van der Waals surface area contributed by atoms with E-state index in [-0.39, 0.29) is 0 Å². The summed E-state index contributed by atoms with van der Waals surface area (Å²) in [5.74, 6) is 0. The quantitative estimate of drug-likeness (QED) is 0.841. The minimum Gasteiger partial charge on any atom is -0.365 e. The zero-order valence-electron chi connectivity index (χ0n) is 10.9. The van der Waals surface area contributed by atoms with Crippen molar-refractivity contribution >= 4 is 17.3 Å². The van der Waals surface area contributed by atoms with Crippen LogP contribution in [0.15, 0.2) is 18.2 Å². The molecule has 2 aliphatic heterocycles. The van der Waals surface area contributed by atoms with Crippen molar-refractivity contribution in [2.24, 2.45) is 5.73 Å². The number of hydrogen-bond donors (Lipinski definition) is 1. The van der Waals surface area contributed by atoms with Crippen LogP contribution in [0, 0.1) is 6.92 Å². The largest absolute Gasteiger partial charge is 0.365 e. The third-order valence-corrected chi connectivity index (χ3v) is 4.70. The first-order chi connectivity index (χ1) is 8.65. The lowest BCUT2D eigenvalue weighted by molar-refractivity contribution is 0.271. The summed E-state index contributed by atoms with van der Waals surface area (Å²) in [6.07, 6.45) is 6.15. The van der Waals surface area contributed by atoms with Crippen molar-refractivity contribution in [2.45, 2.75) is 57.2 Å². The van der Waals surface area contributed by atoms with Gasteiger partial charge in [-0.1, -0.05) is 17.7 Å². The summed E-state index contributed by atoms with van der Waals surface area (Å²) in [5.41, 5.74) is 8.83. The number of anilines is 1. The molecule has 2 unspecified atom stereocenters. The van der Waals surface area contributed by atoms with Crippen LogP contribution in [0.4, 0.5) is 5.69 Å². The number of benzene rings is 1. The summed E-state index contributed by atoms with van der Waals surface area (Å²) >= 11 is 6.17. The van der Waals surface area contributed by atoms with E-state index >= 15 is 0 Å². The molecule has 18 heavy (non-hydrogen) atoms. The molecule has 2 bridgehead atoms. The van der Waals surface area contributed by atoms with Crippen molar-refractivity contribution in [3.05, 3.63) is 28.8 Å². The Morgan fingerprint density at radius 3 is 2.56 bits per heavy atom. The Labute approximate surface area is 114 Å². The fraction of sp³-hybridized carbons (Fsp3) is 0.600. The smallest absolute Gasteiger partial charge is 0.0426 e. The minimum atomic E-state index is 0.385. The zero-order chi connectivity index (χ0) is 12.7. The molecule has 3 rings (SSSR count). The maximum Gasteiger partial charge on any atom is 0.0426 e. The molecule has 2 N–H and O–H groups in total. The van der Waals surface area contributed by atoms with Gasteiger partial charge < -0.3 is 10.6 Å². The van der Waals surface area contributed by atoms with Gasteiger partial charge in [-0.05, 0) is 56.7 Å². The summed E-state index contributed by atoms with van der Waals surface area (Å²) in [5, 5.41) is 0.837. The van der Waals surface area contributed by atoms with E-state index in [1.165, 1.54) is 30.5 Å². The third-order valence-electron chi connectivity index (χ3n) is 4.46. The standard InChI is InChI=1S/C15H21ClN2/c1-10-5-6-11(16)7-15(10)18-13-3-2-4-14(18)9-12(17)8-13/h5-7,12-14H,2-4,8-9,17H2,1H3. The second-order valence-electron chi connectivity index (χ2n) is 5.81. The van der Waals surface area contributed by atoms with Gasteiger partial charge in [0, 0.05) is 28.8 Å². The molecule has 98 valence electrons. The summed E-state index contributed by atoms with van der Waals surface area (Å²) in [6, 6.07) is 7.85. The van der Waals surface area contributed by atoms with Crippen LogP contribution in [-0.2, 0) is 0 Å². The van der Waals surface area contributed by atoms with Crippen molar-refractivity contribution in [2.75, 3.05) is 4.90 Å². The van der Waals surface area contributed by atoms with Crippen LogP contribution in [0.1, 0.15) is 37.7 Å². The molecule has 0 aromatic heterocycles. The highest BCUT2D eigenvalue weighted by atomic mass is 35.5. The average Bonchev–Trinajstić information content (AvgIpc) is 2.31. The molecule has 2 atom stereocenters. The monoisotopic (exact) mass is 264 g/mol. The van der Waals surface area contributed by atoms with Crippen molar-refractivity contribution in [1.29, 1.82) is 0 Å². The van der Waals surface area contributed by atoms with E-state index in [1.54, 1.807) is 0 Å². The SMILES string of the molecule is Cc1ccc(Cl)cc1N1C2CCCC1CC(N)C2. The van der Waals surface area contributed by atoms with Crippen LogP contribution < -0.4 is 10.6 Å². The maximum absolute atomic E-state index is 6.18. The number of nitrogens with zero attached hydrogens (tertiary/aromatic N) is 1. The molecule has 2 fully saturated rings. The zero-order valence-corrected chi connectivity index (χ0v) is 11.7. The summed E-state index contributed by atoms with van der Waals surface area (Å²) in [7, 11) is 0. The van der Waals surface area contributed by atoms with Crippen LogP contribution in [0.2, 0.25) is 5.02 Å². The number of aryl methyl sites for hydroxylation is 1. The Bertz CT molecular complexity index is 432. The second kappa shape index (κ2) is 4.75. The molecule has 3 heteroatoms. The van der Waals surface area contributed by atoms with E-state index in [1.807, 2.05) is 6.07 Å². The first-order valence-corrected chi connectivity index (χ1v) is 7.33. The fourth-order valence-electron chi connectivity index (χ4n) is 3.68. The van der Waals surface area contributed by atoms with Gasteiger partial charge in [0.1, 0.15) is 0 Å². The number of nitrogens with two attached hydrogens (primary N) is 1. The van der Waals surface area contributed by atoms with Gasteiger partial charge in [0.25, 0.3) is 0 Å². The van der Waals surface area contributed by atoms with Crippen molar-refractivity contribution in [1.82, 2.24) is 0 Å². The Kier molecular flexibility index (Phi) is 3.25. The van der Waals surface area contributed by atoms with Crippen LogP contribution in [0.25, 0.3) is 0 Å². The minimum absolute atomic E-state index is 0.385. The third kappa shape index (κ3) is 2.12. The van der Waals surface area contributed by atoms with Crippen LogP contribution in [0.5, 0.6) is 0 Å². The van der Waals surface area contributed by atoms with Crippen LogP contribution in [0.3, 0.4) is 0 Å². The highest BCUT2D eigenvalue weighted by molar-refractivity contribution is 6.30. The molecule has 2 aliphatic rings. The molecule has 1 aromatic carbocycles. The molecule has 1 aromatic rings. The van der Waals surface area contributed by atoms with Gasteiger partial charge in [0.05, 0.1) is 0 Å². The highest BCUT2D eigenvalue weighted by Gasteiger charge is 2.37. The fourth-order valence-corrected chi connectivity index (χ4v) is 3.84. The highest BCUT2D eigenvalue weighted by Crippen LogP contribution is 2.39. The van der Waals surface area contributed by atoms with Crippen molar-refractivity contribution in [3.63, 3.8) is 0 Å². The Morgan fingerprint density at radius 1 is 1.22 bits per heavy atom. The number of hydrogen-bond acceptors (Lipinski definition) is 2. The Balaban J connectivity index is 1.97. The molecule has 0 aliphatic carbocycles. The van der Waals surface area contributed by atoms with Gasteiger partial charge in [-0.15, -0.1) is 0 Å². The van der Waals surface area contributed by atoms with Gasteiger partial charge in [0.15, 0.2) is 0 Å². The number of halogens is 1. The average molecular weight is 265 g/mol. The van der Waals surface area contributed by atoms with Crippen LogP contribution >= 0.6 is 11.6 Å². The van der Waals surface area contributed by atoms with E-state index in [0.717, 1.165) is 17.9 Å². The van der Waals surface area contributed by atoms with Crippen molar-refractivity contribution < 1.29 is 0 Å². The molecule has 2 heterocycles. The van der Waals surface area contributed by atoms with E-state index in [2.05, 4.69) is 24.0 Å². The molecule has 0 amide bonds. The normalized spacial score (nSPS) is 31.5. The lowest BCUT2D eigenvalue weighted by atomic mass is 9.81.